The lowest BCUT2D eigenvalue weighted by molar-refractivity contribution is -0.922. The van der Waals surface area contributed by atoms with Crippen molar-refractivity contribution < 1.29 is 4.48 Å². The molecule has 0 unspecified atom stereocenters. The van der Waals surface area contributed by atoms with Crippen molar-refractivity contribution in [2.45, 2.75) is 20.8 Å². The maximum absolute atomic E-state index is 3.21. The highest BCUT2D eigenvalue weighted by Crippen LogP contribution is 2.03. The van der Waals surface area contributed by atoms with Crippen LogP contribution in [0.15, 0.2) is 0 Å². The third-order valence-corrected chi connectivity index (χ3v) is 2.85. The normalized spacial score (nSPS) is 12.0. The quantitative estimate of drug-likeness (QED) is 0.572. The Labute approximate surface area is 71.2 Å². The van der Waals surface area contributed by atoms with Crippen LogP contribution in [0.4, 0.5) is 0 Å². The molecule has 0 fully saturated rings. The Morgan fingerprint density at radius 2 is 1.45 bits per heavy atom. The fourth-order valence-corrected chi connectivity index (χ4v) is 1.49. The number of hydrogen-bond donors (Lipinski definition) is 1. The summed E-state index contributed by atoms with van der Waals surface area (Å²) in [5.74, 6) is 0. The van der Waals surface area contributed by atoms with Crippen molar-refractivity contribution in [1.29, 1.82) is 0 Å². The van der Waals surface area contributed by atoms with Crippen LogP contribution in [0.3, 0.4) is 0 Å². The summed E-state index contributed by atoms with van der Waals surface area (Å²) in [6.45, 7) is 13.0. The number of nitrogens with one attached hydrogen (secondary N) is 1. The van der Waals surface area contributed by atoms with E-state index in [0.717, 1.165) is 6.54 Å². The molecule has 0 aliphatic heterocycles. The van der Waals surface area contributed by atoms with Crippen LogP contribution in [-0.4, -0.2) is 44.3 Å². The lowest BCUT2D eigenvalue weighted by Crippen LogP contribution is -2.50. The zero-order valence-electron chi connectivity index (χ0n) is 8.48. The minimum atomic E-state index is 1.13. The Morgan fingerprint density at radius 1 is 1.00 bits per heavy atom. The fourth-order valence-electron chi connectivity index (χ4n) is 1.49. The lowest BCUT2D eigenvalue weighted by atomic mass is 10.3. The average Bonchev–Trinajstić information content (AvgIpc) is 2.08. The molecule has 0 spiro atoms. The van der Waals surface area contributed by atoms with Gasteiger partial charge in [0.1, 0.15) is 0 Å². The van der Waals surface area contributed by atoms with Gasteiger partial charge in [-0.3, -0.25) is 0 Å². The zero-order valence-corrected chi connectivity index (χ0v) is 8.48. The van der Waals surface area contributed by atoms with Gasteiger partial charge in [-0.05, 0) is 27.8 Å². The molecule has 0 bridgehead atoms. The van der Waals surface area contributed by atoms with Crippen molar-refractivity contribution in [2.75, 3.05) is 39.8 Å². The summed E-state index contributed by atoms with van der Waals surface area (Å²) in [4.78, 5) is 0. The van der Waals surface area contributed by atoms with Crippen LogP contribution >= 0.6 is 0 Å². The summed E-state index contributed by atoms with van der Waals surface area (Å²) in [5, 5.41) is 3.21. The van der Waals surface area contributed by atoms with E-state index in [-0.39, 0.29) is 0 Å². The van der Waals surface area contributed by atoms with E-state index >= 15 is 0 Å². The number of nitrogens with zero attached hydrogens (tertiary/aromatic N) is 1. The van der Waals surface area contributed by atoms with Crippen LogP contribution in [0, 0.1) is 0 Å². The minimum Gasteiger partial charge on any atom is -0.323 e. The average molecular weight is 159 g/mol. The summed E-state index contributed by atoms with van der Waals surface area (Å²) in [6.07, 6.45) is 0. The molecule has 0 heterocycles. The van der Waals surface area contributed by atoms with E-state index in [0.29, 0.717) is 0 Å². The van der Waals surface area contributed by atoms with Crippen molar-refractivity contribution in [3.05, 3.63) is 0 Å². The second-order valence-corrected chi connectivity index (χ2v) is 3.12. The monoisotopic (exact) mass is 159 g/mol. The summed E-state index contributed by atoms with van der Waals surface area (Å²) < 4.78 is 1.25. The van der Waals surface area contributed by atoms with Crippen LogP contribution in [0.25, 0.3) is 0 Å². The van der Waals surface area contributed by atoms with Gasteiger partial charge < -0.3 is 9.80 Å². The molecule has 0 atom stereocenters. The van der Waals surface area contributed by atoms with Gasteiger partial charge in [0.2, 0.25) is 0 Å². The van der Waals surface area contributed by atoms with Gasteiger partial charge >= 0.3 is 0 Å². The molecule has 0 amide bonds. The smallest absolute Gasteiger partial charge is 0.0913 e. The van der Waals surface area contributed by atoms with Gasteiger partial charge in [-0.25, -0.2) is 0 Å². The van der Waals surface area contributed by atoms with E-state index in [1.54, 1.807) is 0 Å². The molecule has 0 aromatic carbocycles. The first-order chi connectivity index (χ1) is 5.24. The second kappa shape index (κ2) is 5.56. The van der Waals surface area contributed by atoms with E-state index in [1.807, 2.05) is 7.05 Å². The van der Waals surface area contributed by atoms with Crippen molar-refractivity contribution in [1.82, 2.24) is 5.32 Å². The molecule has 2 heteroatoms. The third kappa shape index (κ3) is 3.21. The first-order valence-electron chi connectivity index (χ1n) is 4.74. The topological polar surface area (TPSA) is 12.0 Å². The molecule has 0 radical (unpaired) electrons. The van der Waals surface area contributed by atoms with E-state index in [9.17, 15) is 0 Å². The maximum Gasteiger partial charge on any atom is 0.0913 e. The molecule has 0 aromatic heterocycles. The predicted octanol–water partition coefficient (Wildman–Crippen LogP) is 1.08. The molecular formula is C9H23N2+. The molecule has 0 aromatic rings. The first-order valence-corrected chi connectivity index (χ1v) is 4.74. The lowest BCUT2D eigenvalue weighted by Gasteiger charge is -2.35. The van der Waals surface area contributed by atoms with Gasteiger partial charge in [-0.2, -0.15) is 0 Å². The van der Waals surface area contributed by atoms with E-state index < -0.39 is 0 Å². The SMILES string of the molecule is CC[N+](CC)(CC)CCNC. The van der Waals surface area contributed by atoms with Crippen LogP contribution < -0.4 is 5.32 Å². The Bertz CT molecular complexity index is 79.3. The molecule has 1 N–H and O–H groups in total. The Kier molecular flexibility index (Phi) is 5.51. The van der Waals surface area contributed by atoms with E-state index in [2.05, 4.69) is 26.1 Å². The highest BCUT2D eigenvalue weighted by molar-refractivity contribution is 4.41. The Balaban J connectivity index is 3.84. The second-order valence-electron chi connectivity index (χ2n) is 3.12. The summed E-state index contributed by atoms with van der Waals surface area (Å²) >= 11 is 0. The van der Waals surface area contributed by atoms with Crippen molar-refractivity contribution in [3.63, 3.8) is 0 Å². The molecule has 0 rings (SSSR count). The summed E-state index contributed by atoms with van der Waals surface area (Å²) in [7, 11) is 2.02. The molecule has 0 saturated heterocycles. The van der Waals surface area contributed by atoms with Gasteiger partial charge in [0.25, 0.3) is 0 Å². The summed E-state index contributed by atoms with van der Waals surface area (Å²) in [5.41, 5.74) is 0. The fraction of sp³-hybridized carbons (Fsp3) is 1.00. The summed E-state index contributed by atoms with van der Waals surface area (Å²) in [6, 6.07) is 0. The molecule has 0 aliphatic rings. The molecule has 2 nitrogen and oxygen atoms in total. The minimum absolute atomic E-state index is 1.13. The first kappa shape index (κ1) is 10.9. The Hall–Kier alpha value is -0.0800. The molecule has 0 aliphatic carbocycles. The number of hydrogen-bond acceptors (Lipinski definition) is 1. The van der Waals surface area contributed by atoms with Crippen molar-refractivity contribution in [3.8, 4) is 0 Å². The van der Waals surface area contributed by atoms with Gasteiger partial charge in [0.15, 0.2) is 0 Å². The van der Waals surface area contributed by atoms with E-state index in [1.165, 1.54) is 30.7 Å². The number of quaternary nitrogens is 1. The standard InChI is InChI=1S/C9H23N2/c1-5-11(6-2,7-3)9-8-10-4/h10H,5-9H2,1-4H3/q+1. The largest absolute Gasteiger partial charge is 0.323 e. The van der Waals surface area contributed by atoms with Crippen LogP contribution in [-0.2, 0) is 0 Å². The van der Waals surface area contributed by atoms with E-state index in [4.69, 9.17) is 0 Å². The number of likely N-dealkylation sites (N-methyl/N-ethyl adjacent to an activating group) is 2. The van der Waals surface area contributed by atoms with Crippen LogP contribution in [0.1, 0.15) is 20.8 Å². The van der Waals surface area contributed by atoms with Crippen LogP contribution in [0.2, 0.25) is 0 Å². The molecule has 11 heavy (non-hydrogen) atoms. The molecule has 0 saturated carbocycles. The predicted molar refractivity (Wildman–Crippen MR) is 50.7 cm³/mol. The highest BCUT2D eigenvalue weighted by Gasteiger charge is 2.18. The molecule has 68 valence electrons. The van der Waals surface area contributed by atoms with Gasteiger partial charge in [-0.15, -0.1) is 0 Å². The van der Waals surface area contributed by atoms with Crippen molar-refractivity contribution >= 4 is 0 Å². The van der Waals surface area contributed by atoms with Gasteiger partial charge in [0, 0.05) is 6.54 Å². The Morgan fingerprint density at radius 3 is 1.73 bits per heavy atom. The maximum atomic E-state index is 3.21. The van der Waals surface area contributed by atoms with Gasteiger partial charge in [-0.1, -0.05) is 0 Å². The van der Waals surface area contributed by atoms with Crippen molar-refractivity contribution in [2.24, 2.45) is 0 Å². The molecular weight excluding hydrogens is 136 g/mol. The van der Waals surface area contributed by atoms with Gasteiger partial charge in [0.05, 0.1) is 26.2 Å². The third-order valence-electron chi connectivity index (χ3n) is 2.85. The van der Waals surface area contributed by atoms with Crippen LogP contribution in [0.5, 0.6) is 0 Å². The zero-order chi connectivity index (χ0) is 8.74. The highest BCUT2D eigenvalue weighted by atomic mass is 15.3. The number of rotatable bonds is 6.